The monoisotopic (exact) mass is 220 g/mol. The lowest BCUT2D eigenvalue weighted by atomic mass is 9.87. The number of likely N-dealkylation sites (tertiary alicyclic amines) is 1. The van der Waals surface area contributed by atoms with Crippen molar-refractivity contribution in [3.05, 3.63) is 18.0 Å². The normalized spacial score (nSPS) is 30.6. The molecule has 2 aliphatic heterocycles. The minimum Gasteiger partial charge on any atom is -0.316 e. The van der Waals surface area contributed by atoms with Crippen LogP contribution in [0.2, 0.25) is 0 Å². The molecule has 1 N–H and O–H groups in total. The Hall–Kier alpha value is -0.870. The fourth-order valence-corrected chi connectivity index (χ4v) is 3.09. The molecule has 3 heterocycles. The molecule has 1 aromatic heterocycles. The van der Waals surface area contributed by atoms with Crippen LogP contribution in [-0.2, 0) is 13.6 Å². The Balaban J connectivity index is 1.64. The van der Waals surface area contributed by atoms with Crippen molar-refractivity contribution in [2.45, 2.75) is 19.4 Å². The Kier molecular flexibility index (Phi) is 2.48. The van der Waals surface area contributed by atoms with E-state index in [1.807, 2.05) is 17.9 Å². The van der Waals surface area contributed by atoms with E-state index in [1.165, 1.54) is 44.7 Å². The second kappa shape index (κ2) is 3.86. The predicted molar refractivity (Wildman–Crippen MR) is 63.0 cm³/mol. The van der Waals surface area contributed by atoms with E-state index in [0.717, 1.165) is 6.54 Å². The molecule has 4 nitrogen and oxygen atoms in total. The molecule has 3 rings (SSSR count). The summed E-state index contributed by atoms with van der Waals surface area (Å²) in [5, 5.41) is 7.73. The van der Waals surface area contributed by atoms with Gasteiger partial charge < -0.3 is 5.32 Å². The van der Waals surface area contributed by atoms with Gasteiger partial charge in [0.1, 0.15) is 0 Å². The van der Waals surface area contributed by atoms with Crippen LogP contribution in [0.15, 0.2) is 12.3 Å². The largest absolute Gasteiger partial charge is 0.316 e. The molecule has 2 aliphatic rings. The van der Waals surface area contributed by atoms with Crippen molar-refractivity contribution in [2.24, 2.45) is 12.5 Å². The fraction of sp³-hybridized carbons (Fsp3) is 0.750. The molecular formula is C12H20N4. The van der Waals surface area contributed by atoms with Crippen LogP contribution in [0.5, 0.6) is 0 Å². The van der Waals surface area contributed by atoms with Gasteiger partial charge in [-0.1, -0.05) is 0 Å². The molecule has 0 amide bonds. The van der Waals surface area contributed by atoms with E-state index in [2.05, 4.69) is 21.4 Å². The maximum absolute atomic E-state index is 4.23. The van der Waals surface area contributed by atoms with E-state index < -0.39 is 0 Å². The molecule has 0 aliphatic carbocycles. The SMILES string of the molecule is Cn1nccc1CN1CCC2(CCNC2)C1. The molecule has 88 valence electrons. The van der Waals surface area contributed by atoms with Crippen LogP contribution in [0.4, 0.5) is 0 Å². The van der Waals surface area contributed by atoms with Crippen molar-refractivity contribution in [3.63, 3.8) is 0 Å². The van der Waals surface area contributed by atoms with E-state index in [4.69, 9.17) is 0 Å². The second-order valence-corrected chi connectivity index (χ2v) is 5.33. The second-order valence-electron chi connectivity index (χ2n) is 5.33. The fourth-order valence-electron chi connectivity index (χ4n) is 3.09. The number of nitrogens with zero attached hydrogens (tertiary/aromatic N) is 3. The number of hydrogen-bond acceptors (Lipinski definition) is 3. The van der Waals surface area contributed by atoms with Crippen molar-refractivity contribution in [3.8, 4) is 0 Å². The Bertz CT molecular complexity index is 365. The quantitative estimate of drug-likeness (QED) is 0.792. The lowest BCUT2D eigenvalue weighted by molar-refractivity contribution is 0.263. The summed E-state index contributed by atoms with van der Waals surface area (Å²) >= 11 is 0. The first-order valence-electron chi connectivity index (χ1n) is 6.17. The number of aromatic nitrogens is 2. The molecule has 0 aromatic carbocycles. The van der Waals surface area contributed by atoms with E-state index >= 15 is 0 Å². The summed E-state index contributed by atoms with van der Waals surface area (Å²) < 4.78 is 1.98. The van der Waals surface area contributed by atoms with Gasteiger partial charge in [0, 0.05) is 32.9 Å². The zero-order valence-corrected chi connectivity index (χ0v) is 9.95. The van der Waals surface area contributed by atoms with Crippen LogP contribution < -0.4 is 5.32 Å². The van der Waals surface area contributed by atoms with E-state index in [1.54, 1.807) is 0 Å². The number of aryl methyl sites for hydroxylation is 1. The summed E-state index contributed by atoms with van der Waals surface area (Å²) in [6.07, 6.45) is 4.60. The van der Waals surface area contributed by atoms with Crippen LogP contribution in [0.3, 0.4) is 0 Å². The van der Waals surface area contributed by atoms with Gasteiger partial charge in [0.05, 0.1) is 5.69 Å². The van der Waals surface area contributed by atoms with Crippen LogP contribution >= 0.6 is 0 Å². The summed E-state index contributed by atoms with van der Waals surface area (Å²) in [7, 11) is 2.03. The zero-order chi connectivity index (χ0) is 11.0. The third-order valence-electron chi connectivity index (χ3n) is 4.16. The third-order valence-corrected chi connectivity index (χ3v) is 4.16. The van der Waals surface area contributed by atoms with Gasteiger partial charge in [-0.05, 0) is 37.4 Å². The molecule has 0 radical (unpaired) electrons. The lowest BCUT2D eigenvalue weighted by Crippen LogP contribution is -2.29. The van der Waals surface area contributed by atoms with Gasteiger partial charge in [-0.3, -0.25) is 9.58 Å². The molecule has 4 heteroatoms. The minimum absolute atomic E-state index is 0.582. The molecule has 1 spiro atoms. The number of hydrogen-bond donors (Lipinski definition) is 1. The van der Waals surface area contributed by atoms with Gasteiger partial charge in [-0.25, -0.2) is 0 Å². The van der Waals surface area contributed by atoms with Crippen LogP contribution in [0.25, 0.3) is 0 Å². The van der Waals surface area contributed by atoms with Gasteiger partial charge in [0.2, 0.25) is 0 Å². The Morgan fingerprint density at radius 1 is 1.50 bits per heavy atom. The highest BCUT2D eigenvalue weighted by atomic mass is 15.3. The summed E-state index contributed by atoms with van der Waals surface area (Å²) in [6, 6.07) is 2.12. The Morgan fingerprint density at radius 2 is 2.44 bits per heavy atom. The Labute approximate surface area is 96.6 Å². The highest BCUT2D eigenvalue weighted by Crippen LogP contribution is 2.36. The minimum atomic E-state index is 0.582. The first-order chi connectivity index (χ1) is 7.77. The highest BCUT2D eigenvalue weighted by molar-refractivity contribution is 5.02. The van der Waals surface area contributed by atoms with Gasteiger partial charge in [-0.2, -0.15) is 5.10 Å². The van der Waals surface area contributed by atoms with Crippen molar-refractivity contribution in [1.82, 2.24) is 20.0 Å². The maximum atomic E-state index is 4.23. The maximum Gasteiger partial charge on any atom is 0.0521 e. The van der Waals surface area contributed by atoms with Gasteiger partial charge in [0.15, 0.2) is 0 Å². The van der Waals surface area contributed by atoms with Gasteiger partial charge in [0.25, 0.3) is 0 Å². The molecule has 2 saturated heterocycles. The zero-order valence-electron chi connectivity index (χ0n) is 9.95. The van der Waals surface area contributed by atoms with E-state index in [-0.39, 0.29) is 0 Å². The third kappa shape index (κ3) is 1.76. The average molecular weight is 220 g/mol. The summed E-state index contributed by atoms with van der Waals surface area (Å²) in [6.45, 7) is 5.98. The van der Waals surface area contributed by atoms with Gasteiger partial charge in [-0.15, -0.1) is 0 Å². The average Bonchev–Trinajstić information content (AvgIpc) is 2.96. The molecule has 0 saturated carbocycles. The molecule has 1 atom stereocenters. The summed E-state index contributed by atoms with van der Waals surface area (Å²) in [5.74, 6) is 0. The highest BCUT2D eigenvalue weighted by Gasteiger charge is 2.40. The van der Waals surface area contributed by atoms with Crippen molar-refractivity contribution < 1.29 is 0 Å². The number of rotatable bonds is 2. The molecule has 16 heavy (non-hydrogen) atoms. The molecule has 2 fully saturated rings. The van der Waals surface area contributed by atoms with Crippen LogP contribution in [0.1, 0.15) is 18.5 Å². The predicted octanol–water partition coefficient (Wildman–Crippen LogP) is 0.605. The van der Waals surface area contributed by atoms with Crippen LogP contribution in [0, 0.1) is 5.41 Å². The van der Waals surface area contributed by atoms with E-state index in [9.17, 15) is 0 Å². The van der Waals surface area contributed by atoms with E-state index in [0.29, 0.717) is 5.41 Å². The molecular weight excluding hydrogens is 200 g/mol. The molecule has 1 aromatic rings. The summed E-state index contributed by atoms with van der Waals surface area (Å²) in [4.78, 5) is 2.57. The number of nitrogens with one attached hydrogen (secondary N) is 1. The van der Waals surface area contributed by atoms with Crippen molar-refractivity contribution in [2.75, 3.05) is 26.2 Å². The van der Waals surface area contributed by atoms with Crippen molar-refractivity contribution in [1.29, 1.82) is 0 Å². The Morgan fingerprint density at radius 3 is 3.12 bits per heavy atom. The van der Waals surface area contributed by atoms with Crippen molar-refractivity contribution >= 4 is 0 Å². The van der Waals surface area contributed by atoms with Gasteiger partial charge >= 0.3 is 0 Å². The van der Waals surface area contributed by atoms with Crippen LogP contribution in [-0.4, -0.2) is 40.9 Å². The summed E-state index contributed by atoms with van der Waals surface area (Å²) in [5.41, 5.74) is 1.90. The molecule has 0 bridgehead atoms. The first kappa shape index (κ1) is 10.3. The lowest BCUT2D eigenvalue weighted by Gasteiger charge is -2.22. The smallest absolute Gasteiger partial charge is 0.0521 e. The first-order valence-corrected chi connectivity index (χ1v) is 6.17. The standard InChI is InChI=1S/C12H20N4/c1-15-11(2-5-14-15)8-16-7-4-12(10-16)3-6-13-9-12/h2,5,13H,3-4,6-10H2,1H3. The topological polar surface area (TPSA) is 33.1 Å². The molecule has 1 unspecified atom stereocenters.